The van der Waals surface area contributed by atoms with Crippen LogP contribution in [0.1, 0.15) is 97.3 Å². The van der Waals surface area contributed by atoms with Crippen LogP contribution in [-0.4, -0.2) is 25.0 Å². The molecule has 1 N–H and O–H groups in total. The van der Waals surface area contributed by atoms with Crippen molar-refractivity contribution in [2.75, 3.05) is 13.2 Å². The number of nitrogens with one attached hydrogen (secondary N) is 1. The van der Waals surface area contributed by atoms with Gasteiger partial charge in [0.25, 0.3) is 0 Å². The van der Waals surface area contributed by atoms with Crippen LogP contribution >= 0.6 is 0 Å². The number of ether oxygens (including phenoxy) is 1. The molecule has 0 aliphatic rings. The van der Waals surface area contributed by atoms with Gasteiger partial charge in [-0.3, -0.25) is 4.79 Å². The minimum Gasteiger partial charge on any atom is -0.459 e. The topological polar surface area (TPSA) is 55.4 Å². The second-order valence-corrected chi connectivity index (χ2v) is 6.28. The summed E-state index contributed by atoms with van der Waals surface area (Å²) in [5.74, 6) is -1.37. The monoisotopic (exact) mass is 327 g/mol. The largest absolute Gasteiger partial charge is 0.459 e. The predicted molar refractivity (Wildman–Crippen MR) is 95.3 cm³/mol. The Kier molecular flexibility index (Phi) is 16.5. The first-order chi connectivity index (χ1) is 11.2. The van der Waals surface area contributed by atoms with Crippen molar-refractivity contribution in [3.8, 4) is 0 Å². The summed E-state index contributed by atoms with van der Waals surface area (Å²) >= 11 is 0. The standard InChI is InChI=1S/C19H37NO3/c1-3-5-6-7-8-9-10-11-12-13-14-15-17-23-19(22)18(21)20-16-4-2/h3-17H2,1-2H3,(H,20,21). The molecule has 0 radical (unpaired) electrons. The van der Waals surface area contributed by atoms with Crippen LogP contribution < -0.4 is 5.32 Å². The normalized spacial score (nSPS) is 10.5. The molecular weight excluding hydrogens is 290 g/mol. The maximum Gasteiger partial charge on any atom is 0.396 e. The highest BCUT2D eigenvalue weighted by molar-refractivity contribution is 6.32. The second kappa shape index (κ2) is 17.3. The number of rotatable bonds is 15. The summed E-state index contributed by atoms with van der Waals surface area (Å²) in [5.41, 5.74) is 0. The summed E-state index contributed by atoms with van der Waals surface area (Å²) in [4.78, 5) is 22.6. The van der Waals surface area contributed by atoms with Crippen molar-refractivity contribution >= 4 is 11.9 Å². The molecule has 0 spiro atoms. The van der Waals surface area contributed by atoms with Gasteiger partial charge < -0.3 is 10.1 Å². The Labute approximate surface area is 142 Å². The van der Waals surface area contributed by atoms with Gasteiger partial charge in [-0.1, -0.05) is 84.5 Å². The zero-order valence-corrected chi connectivity index (χ0v) is 15.3. The molecule has 136 valence electrons. The average Bonchev–Trinajstić information content (AvgIpc) is 2.56. The number of carbonyl (C=O) groups is 2. The highest BCUT2D eigenvalue weighted by Gasteiger charge is 2.13. The Morgan fingerprint density at radius 1 is 0.696 bits per heavy atom. The van der Waals surface area contributed by atoms with Crippen molar-refractivity contribution in [3.63, 3.8) is 0 Å². The van der Waals surface area contributed by atoms with Crippen molar-refractivity contribution in [1.82, 2.24) is 5.32 Å². The molecule has 0 bridgehead atoms. The second-order valence-electron chi connectivity index (χ2n) is 6.28. The zero-order valence-electron chi connectivity index (χ0n) is 15.3. The van der Waals surface area contributed by atoms with Gasteiger partial charge in [0.2, 0.25) is 0 Å². The Morgan fingerprint density at radius 3 is 1.65 bits per heavy atom. The molecule has 0 saturated carbocycles. The Bertz CT molecular complexity index is 292. The highest BCUT2D eigenvalue weighted by Crippen LogP contribution is 2.11. The van der Waals surface area contributed by atoms with E-state index in [9.17, 15) is 9.59 Å². The van der Waals surface area contributed by atoms with Gasteiger partial charge in [0.1, 0.15) is 0 Å². The summed E-state index contributed by atoms with van der Waals surface area (Å²) in [6, 6.07) is 0. The van der Waals surface area contributed by atoms with Crippen molar-refractivity contribution in [2.24, 2.45) is 0 Å². The van der Waals surface area contributed by atoms with E-state index in [2.05, 4.69) is 12.2 Å². The maximum absolute atomic E-state index is 11.3. The molecule has 0 saturated heterocycles. The lowest BCUT2D eigenvalue weighted by Crippen LogP contribution is -2.33. The fraction of sp³-hybridized carbons (Fsp3) is 0.895. The molecule has 0 aliphatic carbocycles. The molecule has 0 unspecified atom stereocenters. The minimum absolute atomic E-state index is 0.357. The minimum atomic E-state index is -0.749. The molecule has 0 aromatic heterocycles. The van der Waals surface area contributed by atoms with E-state index in [1.807, 2.05) is 6.92 Å². The van der Waals surface area contributed by atoms with Crippen LogP contribution in [0.2, 0.25) is 0 Å². The van der Waals surface area contributed by atoms with E-state index in [0.717, 1.165) is 19.3 Å². The maximum atomic E-state index is 11.3. The predicted octanol–water partition coefficient (Wildman–Crippen LogP) is 4.76. The van der Waals surface area contributed by atoms with Gasteiger partial charge in [-0.05, 0) is 12.8 Å². The first kappa shape index (κ1) is 21.9. The first-order valence-corrected chi connectivity index (χ1v) is 9.67. The van der Waals surface area contributed by atoms with Crippen molar-refractivity contribution in [2.45, 2.75) is 97.3 Å². The van der Waals surface area contributed by atoms with Gasteiger partial charge >= 0.3 is 11.9 Å². The summed E-state index contributed by atoms with van der Waals surface area (Å²) < 4.78 is 4.94. The summed E-state index contributed by atoms with van der Waals surface area (Å²) in [6.07, 6.45) is 16.1. The molecule has 0 aliphatic heterocycles. The molecule has 0 fully saturated rings. The van der Waals surface area contributed by atoms with Gasteiger partial charge in [0.15, 0.2) is 0 Å². The molecule has 4 heteroatoms. The molecule has 23 heavy (non-hydrogen) atoms. The van der Waals surface area contributed by atoms with Crippen LogP contribution in [0.25, 0.3) is 0 Å². The Morgan fingerprint density at radius 2 is 1.17 bits per heavy atom. The van der Waals surface area contributed by atoms with Crippen LogP contribution in [-0.2, 0) is 14.3 Å². The Hall–Kier alpha value is -1.06. The van der Waals surface area contributed by atoms with Gasteiger partial charge in [-0.25, -0.2) is 4.79 Å². The number of unbranched alkanes of at least 4 members (excludes halogenated alkanes) is 11. The molecule has 0 rings (SSSR count). The molecule has 0 heterocycles. The number of carbonyl (C=O) groups excluding carboxylic acids is 2. The van der Waals surface area contributed by atoms with Crippen LogP contribution in [0.15, 0.2) is 0 Å². The lowest BCUT2D eigenvalue weighted by Gasteiger charge is -2.05. The fourth-order valence-corrected chi connectivity index (χ4v) is 2.48. The fourth-order valence-electron chi connectivity index (χ4n) is 2.48. The number of hydrogen-bond acceptors (Lipinski definition) is 3. The average molecular weight is 328 g/mol. The SMILES string of the molecule is CCCCCCCCCCCCCCOC(=O)C(=O)NCCC. The van der Waals surface area contributed by atoms with Gasteiger partial charge in [-0.2, -0.15) is 0 Å². The van der Waals surface area contributed by atoms with Crippen molar-refractivity contribution in [3.05, 3.63) is 0 Å². The smallest absolute Gasteiger partial charge is 0.396 e. The summed E-state index contributed by atoms with van der Waals surface area (Å²) in [5, 5.41) is 2.52. The molecule has 0 atom stereocenters. The first-order valence-electron chi connectivity index (χ1n) is 9.67. The van der Waals surface area contributed by atoms with Crippen molar-refractivity contribution in [1.29, 1.82) is 0 Å². The molecule has 1 amide bonds. The third-order valence-corrected chi connectivity index (χ3v) is 3.95. The van der Waals surface area contributed by atoms with E-state index in [4.69, 9.17) is 4.74 Å². The molecule has 0 aromatic carbocycles. The number of amides is 1. The van der Waals surface area contributed by atoms with Crippen LogP contribution in [0.3, 0.4) is 0 Å². The molecular formula is C19H37NO3. The summed E-state index contributed by atoms with van der Waals surface area (Å²) in [6.45, 7) is 5.07. The van der Waals surface area contributed by atoms with E-state index in [0.29, 0.717) is 13.2 Å². The van der Waals surface area contributed by atoms with Gasteiger partial charge in [0.05, 0.1) is 6.61 Å². The van der Waals surface area contributed by atoms with E-state index in [1.165, 1.54) is 64.2 Å². The van der Waals surface area contributed by atoms with E-state index in [1.54, 1.807) is 0 Å². The van der Waals surface area contributed by atoms with Gasteiger partial charge in [0, 0.05) is 6.54 Å². The number of esters is 1. The quantitative estimate of drug-likeness (QED) is 0.268. The molecule has 4 nitrogen and oxygen atoms in total. The van der Waals surface area contributed by atoms with E-state index >= 15 is 0 Å². The Balaban J connectivity index is 3.21. The third kappa shape index (κ3) is 15.6. The van der Waals surface area contributed by atoms with Crippen LogP contribution in [0.5, 0.6) is 0 Å². The van der Waals surface area contributed by atoms with Crippen molar-refractivity contribution < 1.29 is 14.3 Å². The van der Waals surface area contributed by atoms with E-state index in [-0.39, 0.29) is 0 Å². The molecule has 0 aromatic rings. The highest BCUT2D eigenvalue weighted by atomic mass is 16.5. The third-order valence-electron chi connectivity index (χ3n) is 3.95. The van der Waals surface area contributed by atoms with Crippen LogP contribution in [0, 0.1) is 0 Å². The number of hydrogen-bond donors (Lipinski definition) is 1. The summed E-state index contributed by atoms with van der Waals surface area (Å²) in [7, 11) is 0. The van der Waals surface area contributed by atoms with Crippen LogP contribution in [0.4, 0.5) is 0 Å². The lowest BCUT2D eigenvalue weighted by atomic mass is 10.1. The van der Waals surface area contributed by atoms with Gasteiger partial charge in [-0.15, -0.1) is 0 Å². The lowest BCUT2D eigenvalue weighted by molar-refractivity contribution is -0.155. The van der Waals surface area contributed by atoms with E-state index < -0.39 is 11.9 Å². The zero-order chi connectivity index (χ0) is 17.2.